The summed E-state index contributed by atoms with van der Waals surface area (Å²) in [5.74, 6) is -0.173. The first-order chi connectivity index (χ1) is 9.13. The molecule has 1 aliphatic rings. The number of carbonyl (C=O) groups excluding carboxylic acids is 1. The fraction of sp³-hybridized carbons (Fsp3) is 0.133. The number of ketones is 1. The van der Waals surface area contributed by atoms with E-state index < -0.39 is 0 Å². The van der Waals surface area contributed by atoms with Crippen LogP contribution >= 0.6 is 23.4 Å². The molecule has 0 bridgehead atoms. The fourth-order valence-electron chi connectivity index (χ4n) is 2.16. The maximum atomic E-state index is 12.9. The van der Waals surface area contributed by atoms with E-state index in [1.54, 1.807) is 36.0 Å². The van der Waals surface area contributed by atoms with E-state index in [2.05, 4.69) is 0 Å². The minimum atomic E-state index is -0.261. The van der Waals surface area contributed by atoms with Crippen molar-refractivity contribution >= 4 is 29.1 Å². The predicted octanol–water partition coefficient (Wildman–Crippen LogP) is 4.90. The third-order valence-corrected chi connectivity index (χ3v) is 4.69. The van der Waals surface area contributed by atoms with Crippen LogP contribution in [0.4, 0.5) is 4.39 Å². The average molecular weight is 293 g/mol. The summed E-state index contributed by atoms with van der Waals surface area (Å²) in [5.41, 5.74) is 1.66. The summed E-state index contributed by atoms with van der Waals surface area (Å²) >= 11 is 7.54. The standard InChI is InChI=1S/C15H10ClFOS/c16-10-3-6-14-12(7-10)13(18)8-15(19-14)9-1-4-11(17)5-2-9/h1-7,15H,8H2. The number of fused-ring (bicyclic) bond motifs is 1. The first-order valence-corrected chi connectivity index (χ1v) is 7.14. The molecule has 0 saturated carbocycles. The third-order valence-electron chi connectivity index (χ3n) is 3.12. The van der Waals surface area contributed by atoms with Crippen molar-refractivity contribution in [1.82, 2.24) is 0 Å². The van der Waals surface area contributed by atoms with Gasteiger partial charge in [-0.2, -0.15) is 0 Å². The molecule has 1 aliphatic heterocycles. The molecule has 1 heterocycles. The van der Waals surface area contributed by atoms with Crippen LogP contribution in [0.15, 0.2) is 47.4 Å². The van der Waals surface area contributed by atoms with E-state index in [4.69, 9.17) is 11.6 Å². The van der Waals surface area contributed by atoms with Crippen molar-refractivity contribution in [3.8, 4) is 0 Å². The van der Waals surface area contributed by atoms with Crippen LogP contribution in [-0.2, 0) is 0 Å². The normalized spacial score (nSPS) is 18.2. The van der Waals surface area contributed by atoms with Crippen LogP contribution in [0.1, 0.15) is 27.6 Å². The molecule has 1 atom stereocenters. The Morgan fingerprint density at radius 1 is 1.16 bits per heavy atom. The molecular formula is C15H10ClFOS. The summed E-state index contributed by atoms with van der Waals surface area (Å²) in [7, 11) is 0. The molecule has 0 fully saturated rings. The second kappa shape index (κ2) is 4.99. The van der Waals surface area contributed by atoms with E-state index in [0.717, 1.165) is 10.5 Å². The van der Waals surface area contributed by atoms with Crippen molar-refractivity contribution in [3.63, 3.8) is 0 Å². The number of halogens is 2. The number of rotatable bonds is 1. The highest BCUT2D eigenvalue weighted by molar-refractivity contribution is 7.99. The van der Waals surface area contributed by atoms with Gasteiger partial charge in [-0.25, -0.2) is 4.39 Å². The maximum absolute atomic E-state index is 12.9. The van der Waals surface area contributed by atoms with Crippen LogP contribution < -0.4 is 0 Å². The molecule has 1 unspecified atom stereocenters. The Morgan fingerprint density at radius 2 is 1.89 bits per heavy atom. The van der Waals surface area contributed by atoms with Gasteiger partial charge in [0.2, 0.25) is 0 Å². The van der Waals surface area contributed by atoms with Gasteiger partial charge in [-0.3, -0.25) is 4.79 Å². The van der Waals surface area contributed by atoms with Gasteiger partial charge in [-0.05, 0) is 35.9 Å². The summed E-state index contributed by atoms with van der Waals surface area (Å²) in [6.07, 6.45) is 0.420. The second-order valence-corrected chi connectivity index (χ2v) is 6.11. The molecular weight excluding hydrogens is 283 g/mol. The van der Waals surface area contributed by atoms with Gasteiger partial charge in [-0.15, -0.1) is 11.8 Å². The van der Waals surface area contributed by atoms with Crippen LogP contribution in [0, 0.1) is 5.82 Å². The lowest BCUT2D eigenvalue weighted by Crippen LogP contribution is -2.12. The van der Waals surface area contributed by atoms with Crippen molar-refractivity contribution in [2.75, 3.05) is 0 Å². The van der Waals surface area contributed by atoms with Crippen molar-refractivity contribution in [3.05, 3.63) is 64.4 Å². The largest absolute Gasteiger partial charge is 0.294 e. The number of benzene rings is 2. The molecule has 0 spiro atoms. The third kappa shape index (κ3) is 2.53. The van der Waals surface area contributed by atoms with E-state index in [-0.39, 0.29) is 16.9 Å². The molecule has 0 aromatic heterocycles. The number of thioether (sulfide) groups is 1. The average Bonchev–Trinajstić information content (AvgIpc) is 2.40. The first-order valence-electron chi connectivity index (χ1n) is 5.88. The maximum Gasteiger partial charge on any atom is 0.165 e. The predicted molar refractivity (Wildman–Crippen MR) is 75.4 cm³/mol. The SMILES string of the molecule is O=C1CC(c2ccc(F)cc2)Sc2ccc(Cl)cc21. The number of hydrogen-bond acceptors (Lipinski definition) is 2. The van der Waals surface area contributed by atoms with Gasteiger partial charge in [-0.1, -0.05) is 23.7 Å². The molecule has 1 nitrogen and oxygen atoms in total. The van der Waals surface area contributed by atoms with Gasteiger partial charge < -0.3 is 0 Å². The van der Waals surface area contributed by atoms with Crippen LogP contribution in [0.25, 0.3) is 0 Å². The minimum absolute atomic E-state index is 0.0433. The van der Waals surface area contributed by atoms with Crippen LogP contribution in [0.3, 0.4) is 0 Å². The Morgan fingerprint density at radius 3 is 2.63 bits per heavy atom. The molecule has 3 rings (SSSR count). The van der Waals surface area contributed by atoms with Crippen molar-refractivity contribution < 1.29 is 9.18 Å². The highest BCUT2D eigenvalue weighted by atomic mass is 35.5. The zero-order chi connectivity index (χ0) is 13.4. The first kappa shape index (κ1) is 12.7. The topological polar surface area (TPSA) is 17.1 Å². The molecule has 19 heavy (non-hydrogen) atoms. The molecule has 96 valence electrons. The van der Waals surface area contributed by atoms with E-state index in [1.165, 1.54) is 12.1 Å². The van der Waals surface area contributed by atoms with E-state index >= 15 is 0 Å². The smallest absolute Gasteiger partial charge is 0.165 e. The second-order valence-electron chi connectivity index (χ2n) is 4.43. The molecule has 0 radical (unpaired) electrons. The Labute approximate surface area is 119 Å². The van der Waals surface area contributed by atoms with Gasteiger partial charge in [0.15, 0.2) is 5.78 Å². The molecule has 0 aliphatic carbocycles. The monoisotopic (exact) mass is 292 g/mol. The highest BCUT2D eigenvalue weighted by Crippen LogP contribution is 2.45. The van der Waals surface area contributed by atoms with Crippen LogP contribution in [-0.4, -0.2) is 5.78 Å². The number of hydrogen-bond donors (Lipinski definition) is 0. The van der Waals surface area contributed by atoms with Crippen molar-refractivity contribution in [1.29, 1.82) is 0 Å². The number of Topliss-reactive ketones (excluding diaryl/α,β-unsaturated/α-hetero) is 1. The van der Waals surface area contributed by atoms with Crippen molar-refractivity contribution in [2.45, 2.75) is 16.6 Å². The summed E-state index contributed by atoms with van der Waals surface area (Å²) in [4.78, 5) is 13.1. The van der Waals surface area contributed by atoms with Crippen molar-refractivity contribution in [2.24, 2.45) is 0 Å². The van der Waals surface area contributed by atoms with E-state index in [9.17, 15) is 9.18 Å². The minimum Gasteiger partial charge on any atom is -0.294 e. The Balaban J connectivity index is 1.95. The Kier molecular flexibility index (Phi) is 3.33. The molecule has 2 aromatic carbocycles. The van der Waals surface area contributed by atoms with Crippen LogP contribution in [0.5, 0.6) is 0 Å². The summed E-state index contributed by atoms with van der Waals surface area (Å²) in [6.45, 7) is 0. The number of carbonyl (C=O) groups is 1. The molecule has 2 aromatic rings. The quantitative estimate of drug-likeness (QED) is 0.744. The summed E-state index contributed by atoms with van der Waals surface area (Å²) in [5, 5.41) is 0.620. The molecule has 0 amide bonds. The zero-order valence-electron chi connectivity index (χ0n) is 9.90. The van der Waals surface area contributed by atoms with E-state index in [1.807, 2.05) is 6.07 Å². The summed E-state index contributed by atoms with van der Waals surface area (Å²) in [6, 6.07) is 11.7. The molecule has 0 N–H and O–H groups in total. The molecule has 0 saturated heterocycles. The highest BCUT2D eigenvalue weighted by Gasteiger charge is 2.27. The summed E-state index contributed by atoms with van der Waals surface area (Å²) < 4.78 is 12.9. The van der Waals surface area contributed by atoms with Gasteiger partial charge in [0.25, 0.3) is 0 Å². The lowest BCUT2D eigenvalue weighted by Gasteiger charge is -2.23. The fourth-order valence-corrected chi connectivity index (χ4v) is 3.61. The van der Waals surface area contributed by atoms with Gasteiger partial charge in [0.1, 0.15) is 5.82 Å². The van der Waals surface area contributed by atoms with E-state index in [0.29, 0.717) is 17.0 Å². The van der Waals surface area contributed by atoms with Crippen LogP contribution in [0.2, 0.25) is 5.02 Å². The molecule has 4 heteroatoms. The Hall–Kier alpha value is -1.32. The zero-order valence-corrected chi connectivity index (χ0v) is 11.5. The Bertz CT molecular complexity index is 639. The van der Waals surface area contributed by atoms with Gasteiger partial charge in [0, 0.05) is 27.2 Å². The lowest BCUT2D eigenvalue weighted by atomic mass is 10.0. The van der Waals surface area contributed by atoms with Gasteiger partial charge >= 0.3 is 0 Å². The van der Waals surface area contributed by atoms with Gasteiger partial charge in [0.05, 0.1) is 0 Å². The lowest BCUT2D eigenvalue weighted by molar-refractivity contribution is 0.0976.